The molecule has 102 valence electrons. The number of nitrogens with one attached hydrogen (secondary N) is 1. The van der Waals surface area contributed by atoms with Gasteiger partial charge in [0.15, 0.2) is 0 Å². The standard InChI is InChI=1S/C12H15BrF3NO/c1-8-5-10(3-4-11(8)13)18-9(2)6-17-7-12(14,15)16/h3-5,9,17H,6-7H2,1-2H3. The third kappa shape index (κ3) is 5.73. The van der Waals surface area contributed by atoms with Crippen LogP contribution in [0, 0.1) is 6.92 Å². The number of aryl methyl sites for hydroxylation is 1. The third-order valence-electron chi connectivity index (χ3n) is 2.22. The zero-order valence-corrected chi connectivity index (χ0v) is 11.7. The zero-order chi connectivity index (χ0) is 13.8. The summed E-state index contributed by atoms with van der Waals surface area (Å²) in [6, 6.07) is 5.46. The van der Waals surface area contributed by atoms with Gasteiger partial charge in [0.25, 0.3) is 0 Å². The molecule has 0 spiro atoms. The van der Waals surface area contributed by atoms with Crippen LogP contribution in [0.4, 0.5) is 13.2 Å². The molecule has 6 heteroatoms. The Labute approximate surface area is 113 Å². The van der Waals surface area contributed by atoms with Gasteiger partial charge in [-0.25, -0.2) is 0 Å². The lowest BCUT2D eigenvalue weighted by atomic mass is 10.2. The molecule has 0 radical (unpaired) electrons. The van der Waals surface area contributed by atoms with E-state index in [1.54, 1.807) is 13.0 Å². The van der Waals surface area contributed by atoms with Gasteiger partial charge in [0.2, 0.25) is 0 Å². The lowest BCUT2D eigenvalue weighted by Crippen LogP contribution is -2.35. The van der Waals surface area contributed by atoms with Crippen molar-refractivity contribution in [2.75, 3.05) is 13.1 Å². The van der Waals surface area contributed by atoms with E-state index in [-0.39, 0.29) is 12.6 Å². The highest BCUT2D eigenvalue weighted by atomic mass is 79.9. The lowest BCUT2D eigenvalue weighted by molar-refractivity contribution is -0.125. The van der Waals surface area contributed by atoms with Crippen LogP contribution < -0.4 is 10.1 Å². The molecule has 0 saturated heterocycles. The molecule has 1 unspecified atom stereocenters. The van der Waals surface area contributed by atoms with Crippen LogP contribution in [0.15, 0.2) is 22.7 Å². The molecule has 0 aliphatic heterocycles. The summed E-state index contributed by atoms with van der Waals surface area (Å²) in [5.41, 5.74) is 1.02. The van der Waals surface area contributed by atoms with Gasteiger partial charge in [-0.15, -0.1) is 0 Å². The topological polar surface area (TPSA) is 21.3 Å². The minimum Gasteiger partial charge on any atom is -0.489 e. The number of hydrogen-bond donors (Lipinski definition) is 1. The summed E-state index contributed by atoms with van der Waals surface area (Å²) in [5.74, 6) is 0.650. The molecule has 1 aromatic carbocycles. The van der Waals surface area contributed by atoms with Gasteiger partial charge < -0.3 is 10.1 Å². The van der Waals surface area contributed by atoms with Crippen LogP contribution in [0.2, 0.25) is 0 Å². The molecule has 0 heterocycles. The smallest absolute Gasteiger partial charge is 0.401 e. The Morgan fingerprint density at radius 1 is 1.39 bits per heavy atom. The maximum Gasteiger partial charge on any atom is 0.401 e. The second-order valence-electron chi connectivity index (χ2n) is 4.09. The predicted octanol–water partition coefficient (Wildman–Crippen LogP) is 3.68. The molecule has 0 fully saturated rings. The Balaban J connectivity index is 2.40. The number of rotatable bonds is 5. The molecular formula is C12H15BrF3NO. The Bertz CT molecular complexity index is 395. The first kappa shape index (κ1) is 15.3. The van der Waals surface area contributed by atoms with Crippen molar-refractivity contribution in [1.29, 1.82) is 0 Å². The normalized spacial score (nSPS) is 13.4. The van der Waals surface area contributed by atoms with E-state index in [9.17, 15) is 13.2 Å². The van der Waals surface area contributed by atoms with Gasteiger partial charge in [-0.2, -0.15) is 13.2 Å². The minimum atomic E-state index is -4.19. The van der Waals surface area contributed by atoms with Crippen molar-refractivity contribution in [1.82, 2.24) is 5.32 Å². The monoisotopic (exact) mass is 325 g/mol. The van der Waals surface area contributed by atoms with E-state index in [2.05, 4.69) is 21.2 Å². The van der Waals surface area contributed by atoms with Gasteiger partial charge >= 0.3 is 6.18 Å². The highest BCUT2D eigenvalue weighted by Crippen LogP contribution is 2.22. The fourth-order valence-electron chi connectivity index (χ4n) is 1.38. The SMILES string of the molecule is Cc1cc(OC(C)CNCC(F)(F)F)ccc1Br. The van der Waals surface area contributed by atoms with Crippen molar-refractivity contribution in [2.45, 2.75) is 26.1 Å². The molecule has 2 nitrogen and oxygen atoms in total. The summed E-state index contributed by atoms with van der Waals surface area (Å²) in [6.07, 6.45) is -4.51. The summed E-state index contributed by atoms with van der Waals surface area (Å²) in [4.78, 5) is 0. The first-order valence-corrected chi connectivity index (χ1v) is 6.27. The molecular weight excluding hydrogens is 311 g/mol. The number of hydrogen-bond acceptors (Lipinski definition) is 2. The van der Waals surface area contributed by atoms with Crippen molar-refractivity contribution in [3.8, 4) is 5.75 Å². The van der Waals surface area contributed by atoms with Gasteiger partial charge in [-0.05, 0) is 37.6 Å². The summed E-state index contributed by atoms with van der Waals surface area (Å²) >= 11 is 3.37. The molecule has 0 aromatic heterocycles. The Morgan fingerprint density at radius 2 is 2.06 bits per heavy atom. The molecule has 0 aliphatic rings. The van der Waals surface area contributed by atoms with Gasteiger partial charge in [0, 0.05) is 11.0 Å². The first-order valence-electron chi connectivity index (χ1n) is 5.48. The Morgan fingerprint density at radius 3 is 2.61 bits per heavy atom. The summed E-state index contributed by atoms with van der Waals surface area (Å²) in [5, 5.41) is 2.31. The van der Waals surface area contributed by atoms with Crippen LogP contribution >= 0.6 is 15.9 Å². The van der Waals surface area contributed by atoms with Crippen LogP contribution in [0.5, 0.6) is 5.75 Å². The van der Waals surface area contributed by atoms with E-state index in [0.717, 1.165) is 10.0 Å². The maximum absolute atomic E-state index is 11.9. The largest absolute Gasteiger partial charge is 0.489 e. The van der Waals surface area contributed by atoms with Crippen LogP contribution in [0.3, 0.4) is 0 Å². The quantitative estimate of drug-likeness (QED) is 0.891. The Hall–Kier alpha value is -0.750. The van der Waals surface area contributed by atoms with Crippen molar-refractivity contribution >= 4 is 15.9 Å². The molecule has 1 N–H and O–H groups in total. The van der Waals surface area contributed by atoms with Gasteiger partial charge in [-0.3, -0.25) is 0 Å². The van der Waals surface area contributed by atoms with Crippen LogP contribution in [-0.4, -0.2) is 25.4 Å². The summed E-state index contributed by atoms with van der Waals surface area (Å²) < 4.78 is 42.2. The molecule has 0 amide bonds. The number of ether oxygens (including phenoxy) is 1. The van der Waals surface area contributed by atoms with E-state index in [4.69, 9.17) is 4.74 Å². The fourth-order valence-corrected chi connectivity index (χ4v) is 1.63. The van der Waals surface area contributed by atoms with Crippen molar-refractivity contribution in [3.63, 3.8) is 0 Å². The first-order chi connectivity index (χ1) is 8.28. The van der Waals surface area contributed by atoms with E-state index < -0.39 is 12.7 Å². The third-order valence-corrected chi connectivity index (χ3v) is 3.11. The van der Waals surface area contributed by atoms with Crippen LogP contribution in [-0.2, 0) is 0 Å². The second kappa shape index (κ2) is 6.43. The molecule has 0 aliphatic carbocycles. The summed E-state index contributed by atoms with van der Waals surface area (Å²) in [7, 11) is 0. The van der Waals surface area contributed by atoms with Crippen LogP contribution in [0.25, 0.3) is 0 Å². The van der Waals surface area contributed by atoms with E-state index >= 15 is 0 Å². The average molecular weight is 326 g/mol. The molecule has 0 saturated carbocycles. The minimum absolute atomic E-state index is 0.147. The van der Waals surface area contributed by atoms with E-state index in [1.807, 2.05) is 19.1 Å². The predicted molar refractivity (Wildman–Crippen MR) is 67.9 cm³/mol. The molecule has 1 rings (SSSR count). The number of halogens is 4. The second-order valence-corrected chi connectivity index (χ2v) is 4.94. The maximum atomic E-state index is 11.9. The average Bonchev–Trinajstić information content (AvgIpc) is 2.21. The molecule has 1 atom stereocenters. The van der Waals surface area contributed by atoms with Crippen molar-refractivity contribution in [2.24, 2.45) is 0 Å². The zero-order valence-electron chi connectivity index (χ0n) is 10.1. The van der Waals surface area contributed by atoms with Crippen molar-refractivity contribution < 1.29 is 17.9 Å². The number of alkyl halides is 3. The Kier molecular flexibility index (Phi) is 5.47. The van der Waals surface area contributed by atoms with E-state index in [1.165, 1.54) is 0 Å². The molecule has 18 heavy (non-hydrogen) atoms. The lowest BCUT2D eigenvalue weighted by Gasteiger charge is -2.16. The molecule has 1 aromatic rings. The van der Waals surface area contributed by atoms with Crippen LogP contribution in [0.1, 0.15) is 12.5 Å². The van der Waals surface area contributed by atoms with Gasteiger partial charge in [-0.1, -0.05) is 15.9 Å². The highest BCUT2D eigenvalue weighted by Gasteiger charge is 2.26. The van der Waals surface area contributed by atoms with Crippen molar-refractivity contribution in [3.05, 3.63) is 28.2 Å². The van der Waals surface area contributed by atoms with Gasteiger partial charge in [0.1, 0.15) is 11.9 Å². The number of benzene rings is 1. The van der Waals surface area contributed by atoms with E-state index in [0.29, 0.717) is 5.75 Å². The van der Waals surface area contributed by atoms with Gasteiger partial charge in [0.05, 0.1) is 6.54 Å². The summed E-state index contributed by atoms with van der Waals surface area (Å²) in [6.45, 7) is 2.79. The fraction of sp³-hybridized carbons (Fsp3) is 0.500. The molecule has 0 bridgehead atoms. The highest BCUT2D eigenvalue weighted by molar-refractivity contribution is 9.10.